The fourth-order valence-corrected chi connectivity index (χ4v) is 4.36. The number of hydrogen-bond donors (Lipinski definition) is 2. The minimum Gasteiger partial charge on any atom is -0.497 e. The molecule has 1 aromatic heterocycles. The quantitative estimate of drug-likeness (QED) is 0.406. The Hall–Kier alpha value is -2.99. The van der Waals surface area contributed by atoms with Crippen LogP contribution >= 0.6 is 0 Å². The van der Waals surface area contributed by atoms with Crippen molar-refractivity contribution in [3.05, 3.63) is 59.3 Å². The minimum atomic E-state index is -0.277. The number of rotatable bonds is 5. The SMILES string of the molecule is COc1cc(OC)c2c3c(n(Cc4ccccc4)c2c1)C(C(=O)NN)CCC3. The summed E-state index contributed by atoms with van der Waals surface area (Å²) in [7, 11) is 3.32. The van der Waals surface area contributed by atoms with Gasteiger partial charge >= 0.3 is 0 Å². The molecule has 0 saturated carbocycles. The van der Waals surface area contributed by atoms with Gasteiger partial charge in [-0.1, -0.05) is 30.3 Å². The molecule has 3 N–H and O–H groups in total. The summed E-state index contributed by atoms with van der Waals surface area (Å²) in [6.45, 7) is 0.664. The number of amides is 1. The number of nitrogens with one attached hydrogen (secondary N) is 1. The molecule has 1 aliphatic rings. The molecular weight excluding hydrogens is 354 g/mol. The van der Waals surface area contributed by atoms with Gasteiger partial charge < -0.3 is 14.0 Å². The lowest BCUT2D eigenvalue weighted by Crippen LogP contribution is -2.37. The zero-order valence-corrected chi connectivity index (χ0v) is 16.2. The van der Waals surface area contributed by atoms with Crippen LogP contribution < -0.4 is 20.7 Å². The lowest BCUT2D eigenvalue weighted by molar-refractivity contribution is -0.123. The molecule has 0 aliphatic heterocycles. The Kier molecular flexibility index (Phi) is 4.96. The van der Waals surface area contributed by atoms with E-state index in [4.69, 9.17) is 15.3 Å². The summed E-state index contributed by atoms with van der Waals surface area (Å²) in [5, 5.41) is 1.06. The Labute approximate surface area is 164 Å². The number of hydrogen-bond acceptors (Lipinski definition) is 4. The van der Waals surface area contributed by atoms with Crippen LogP contribution in [0.3, 0.4) is 0 Å². The number of methoxy groups -OCH3 is 2. The van der Waals surface area contributed by atoms with Crippen molar-refractivity contribution in [1.82, 2.24) is 9.99 Å². The molecule has 4 rings (SSSR count). The zero-order chi connectivity index (χ0) is 19.7. The van der Waals surface area contributed by atoms with E-state index in [0.29, 0.717) is 6.54 Å². The van der Waals surface area contributed by atoms with Gasteiger partial charge in [0, 0.05) is 29.8 Å². The number of fused-ring (bicyclic) bond motifs is 3. The summed E-state index contributed by atoms with van der Waals surface area (Å²) in [4.78, 5) is 12.6. The number of carbonyl (C=O) groups excluding carboxylic acids is 1. The number of ether oxygens (including phenoxy) is 2. The summed E-state index contributed by atoms with van der Waals surface area (Å²) in [5.41, 5.74) is 6.74. The third-order valence-corrected chi connectivity index (χ3v) is 5.59. The van der Waals surface area contributed by atoms with Crippen molar-refractivity contribution in [3.63, 3.8) is 0 Å². The maximum atomic E-state index is 12.6. The monoisotopic (exact) mass is 379 g/mol. The number of aromatic nitrogens is 1. The van der Waals surface area contributed by atoms with Gasteiger partial charge in [0.05, 0.1) is 25.7 Å². The second kappa shape index (κ2) is 7.56. The highest BCUT2D eigenvalue weighted by Crippen LogP contribution is 2.44. The molecule has 146 valence electrons. The van der Waals surface area contributed by atoms with E-state index in [-0.39, 0.29) is 11.8 Å². The molecular formula is C22H25N3O3. The molecule has 2 aromatic carbocycles. The van der Waals surface area contributed by atoms with E-state index in [0.717, 1.165) is 47.4 Å². The van der Waals surface area contributed by atoms with Crippen LogP contribution in [-0.2, 0) is 17.8 Å². The molecule has 1 unspecified atom stereocenters. The van der Waals surface area contributed by atoms with Crippen molar-refractivity contribution in [2.24, 2.45) is 5.84 Å². The van der Waals surface area contributed by atoms with Crippen LogP contribution in [0.2, 0.25) is 0 Å². The molecule has 0 bridgehead atoms. The van der Waals surface area contributed by atoms with Gasteiger partial charge in [-0.25, -0.2) is 5.84 Å². The van der Waals surface area contributed by atoms with Gasteiger partial charge in [-0.3, -0.25) is 10.2 Å². The maximum absolute atomic E-state index is 12.6. The highest BCUT2D eigenvalue weighted by molar-refractivity contribution is 5.95. The first-order valence-electron chi connectivity index (χ1n) is 9.49. The summed E-state index contributed by atoms with van der Waals surface area (Å²) < 4.78 is 13.4. The lowest BCUT2D eigenvalue weighted by atomic mass is 9.86. The molecule has 6 heteroatoms. The summed E-state index contributed by atoms with van der Waals surface area (Å²) in [6, 6.07) is 14.2. The minimum absolute atomic E-state index is 0.149. The molecule has 0 saturated heterocycles. The van der Waals surface area contributed by atoms with E-state index in [2.05, 4.69) is 22.1 Å². The topological polar surface area (TPSA) is 78.5 Å². The fraction of sp³-hybridized carbons (Fsp3) is 0.318. The van der Waals surface area contributed by atoms with Crippen molar-refractivity contribution in [2.75, 3.05) is 14.2 Å². The third kappa shape index (κ3) is 2.99. The molecule has 3 aromatic rings. The van der Waals surface area contributed by atoms with Gasteiger partial charge in [0.15, 0.2) is 0 Å². The van der Waals surface area contributed by atoms with Gasteiger partial charge in [-0.15, -0.1) is 0 Å². The second-order valence-electron chi connectivity index (χ2n) is 7.11. The number of benzene rings is 2. The predicted octanol–water partition coefficient (Wildman–Crippen LogP) is 3.12. The molecule has 1 aliphatic carbocycles. The number of hydrazine groups is 1. The van der Waals surface area contributed by atoms with E-state index < -0.39 is 0 Å². The van der Waals surface area contributed by atoms with E-state index in [1.807, 2.05) is 30.3 Å². The van der Waals surface area contributed by atoms with Crippen LogP contribution in [-0.4, -0.2) is 24.7 Å². The predicted molar refractivity (Wildman–Crippen MR) is 109 cm³/mol. The fourth-order valence-electron chi connectivity index (χ4n) is 4.36. The van der Waals surface area contributed by atoms with Gasteiger partial charge in [0.1, 0.15) is 11.5 Å². The van der Waals surface area contributed by atoms with Crippen molar-refractivity contribution < 1.29 is 14.3 Å². The van der Waals surface area contributed by atoms with Gasteiger partial charge in [-0.05, 0) is 30.4 Å². The molecule has 1 atom stereocenters. The van der Waals surface area contributed by atoms with Crippen LogP contribution in [0.1, 0.15) is 35.6 Å². The maximum Gasteiger partial charge on any atom is 0.242 e. The zero-order valence-electron chi connectivity index (χ0n) is 16.2. The van der Waals surface area contributed by atoms with Gasteiger partial charge in [0.25, 0.3) is 0 Å². The molecule has 0 radical (unpaired) electrons. The highest BCUT2D eigenvalue weighted by atomic mass is 16.5. The summed E-state index contributed by atoms with van der Waals surface area (Å²) in [6.07, 6.45) is 2.62. The summed E-state index contributed by atoms with van der Waals surface area (Å²) in [5.74, 6) is 6.58. The van der Waals surface area contributed by atoms with Crippen LogP contribution in [0.5, 0.6) is 11.5 Å². The number of aryl methyl sites for hydroxylation is 1. The Balaban J connectivity index is 2.02. The Morgan fingerprint density at radius 2 is 2.00 bits per heavy atom. The van der Waals surface area contributed by atoms with E-state index in [9.17, 15) is 4.79 Å². The van der Waals surface area contributed by atoms with Crippen molar-refractivity contribution in [3.8, 4) is 11.5 Å². The highest BCUT2D eigenvalue weighted by Gasteiger charge is 2.33. The summed E-state index contributed by atoms with van der Waals surface area (Å²) >= 11 is 0. The Bertz CT molecular complexity index is 1010. The van der Waals surface area contributed by atoms with Crippen LogP contribution in [0.4, 0.5) is 0 Å². The smallest absolute Gasteiger partial charge is 0.242 e. The second-order valence-corrected chi connectivity index (χ2v) is 7.11. The molecule has 0 spiro atoms. The average molecular weight is 379 g/mol. The molecule has 28 heavy (non-hydrogen) atoms. The van der Waals surface area contributed by atoms with E-state index in [1.54, 1.807) is 14.2 Å². The van der Waals surface area contributed by atoms with Crippen LogP contribution in [0.15, 0.2) is 42.5 Å². The normalized spacial score (nSPS) is 15.9. The molecule has 1 heterocycles. The number of nitrogens with two attached hydrogens (primary N) is 1. The van der Waals surface area contributed by atoms with Gasteiger partial charge in [0.2, 0.25) is 5.91 Å². The molecule has 0 fully saturated rings. The van der Waals surface area contributed by atoms with Crippen molar-refractivity contribution >= 4 is 16.8 Å². The lowest BCUT2D eigenvalue weighted by Gasteiger charge is -2.24. The van der Waals surface area contributed by atoms with Crippen LogP contribution in [0, 0.1) is 0 Å². The van der Waals surface area contributed by atoms with E-state index in [1.165, 1.54) is 11.1 Å². The Morgan fingerprint density at radius 1 is 1.21 bits per heavy atom. The van der Waals surface area contributed by atoms with Crippen molar-refractivity contribution in [1.29, 1.82) is 0 Å². The average Bonchev–Trinajstić information content (AvgIpc) is 3.07. The third-order valence-electron chi connectivity index (χ3n) is 5.59. The largest absolute Gasteiger partial charge is 0.497 e. The van der Waals surface area contributed by atoms with E-state index >= 15 is 0 Å². The van der Waals surface area contributed by atoms with Crippen LogP contribution in [0.25, 0.3) is 10.9 Å². The first kappa shape index (κ1) is 18.4. The first-order chi connectivity index (χ1) is 13.7. The first-order valence-corrected chi connectivity index (χ1v) is 9.49. The Morgan fingerprint density at radius 3 is 2.68 bits per heavy atom. The van der Waals surface area contributed by atoms with Crippen molar-refractivity contribution in [2.45, 2.75) is 31.7 Å². The molecule has 6 nitrogen and oxygen atoms in total. The van der Waals surface area contributed by atoms with Gasteiger partial charge in [-0.2, -0.15) is 0 Å². The number of carbonyl (C=O) groups is 1. The molecule has 1 amide bonds. The standard InChI is InChI=1S/C22H25N3O3/c1-27-15-11-18-20(19(12-15)28-2)16-9-6-10-17(22(26)24-23)21(16)25(18)13-14-7-4-3-5-8-14/h3-5,7-8,11-12,17H,6,9-10,13,23H2,1-2H3,(H,24,26). The number of nitrogens with zero attached hydrogens (tertiary/aromatic N) is 1.